The largest absolute Gasteiger partial charge is 0.421 e. The van der Waals surface area contributed by atoms with E-state index in [0.29, 0.717) is 17.8 Å². The lowest BCUT2D eigenvalue weighted by Gasteiger charge is -2.07. The van der Waals surface area contributed by atoms with Crippen LogP contribution in [0.5, 0.6) is 11.8 Å². The van der Waals surface area contributed by atoms with E-state index in [1.54, 1.807) is 12.4 Å². The van der Waals surface area contributed by atoms with Crippen LogP contribution in [0.15, 0.2) is 18.6 Å². The lowest BCUT2D eigenvalue weighted by molar-refractivity contribution is 0.436. The molecule has 0 aliphatic rings. The third-order valence-electron chi connectivity index (χ3n) is 2.94. The molecule has 0 unspecified atom stereocenters. The quantitative estimate of drug-likeness (QED) is 0.877. The van der Waals surface area contributed by atoms with Crippen molar-refractivity contribution in [1.29, 1.82) is 0 Å². The first-order valence-corrected chi connectivity index (χ1v) is 6.85. The van der Waals surface area contributed by atoms with Crippen molar-refractivity contribution >= 4 is 0 Å². The average molecular weight is 275 g/mol. The minimum atomic E-state index is 0.303. The van der Waals surface area contributed by atoms with Gasteiger partial charge < -0.3 is 10.1 Å². The summed E-state index contributed by atoms with van der Waals surface area (Å²) in [5.41, 5.74) is 2.00. The van der Waals surface area contributed by atoms with Gasteiger partial charge in [-0.1, -0.05) is 6.92 Å². The van der Waals surface area contributed by atoms with Crippen LogP contribution in [0.2, 0.25) is 0 Å². The van der Waals surface area contributed by atoms with E-state index in [1.165, 1.54) is 0 Å². The number of nitrogens with one attached hydrogen (secondary N) is 1. The van der Waals surface area contributed by atoms with Crippen LogP contribution in [0.3, 0.4) is 0 Å². The molecular weight excluding hydrogens is 254 g/mol. The zero-order valence-corrected chi connectivity index (χ0v) is 12.4. The van der Waals surface area contributed by atoms with Crippen molar-refractivity contribution in [3.05, 3.63) is 29.8 Å². The summed E-state index contributed by atoms with van der Waals surface area (Å²) in [7, 11) is 0. The second kappa shape index (κ2) is 6.47. The van der Waals surface area contributed by atoms with Crippen LogP contribution in [0, 0.1) is 6.92 Å². The SMILES string of the molecule is CCNCc1cnc(Oc2cnn(C(C)C)c2)nc1C. The smallest absolute Gasteiger partial charge is 0.322 e. The van der Waals surface area contributed by atoms with Crippen LogP contribution in [0.25, 0.3) is 0 Å². The number of aromatic nitrogens is 4. The van der Waals surface area contributed by atoms with Gasteiger partial charge in [0.1, 0.15) is 0 Å². The lowest BCUT2D eigenvalue weighted by Crippen LogP contribution is -2.13. The Bertz CT molecular complexity index is 564. The summed E-state index contributed by atoms with van der Waals surface area (Å²) in [6, 6.07) is 0.656. The maximum Gasteiger partial charge on any atom is 0.322 e. The van der Waals surface area contributed by atoms with Gasteiger partial charge in [-0.25, -0.2) is 4.98 Å². The molecule has 0 atom stereocenters. The summed E-state index contributed by atoms with van der Waals surface area (Å²) in [4.78, 5) is 8.60. The molecule has 0 saturated heterocycles. The van der Waals surface area contributed by atoms with Gasteiger partial charge >= 0.3 is 6.01 Å². The molecule has 0 aliphatic carbocycles. The third-order valence-corrected chi connectivity index (χ3v) is 2.94. The Morgan fingerprint density at radius 3 is 2.75 bits per heavy atom. The average Bonchev–Trinajstić information content (AvgIpc) is 2.86. The molecule has 1 N–H and O–H groups in total. The number of hydrogen-bond donors (Lipinski definition) is 1. The van der Waals surface area contributed by atoms with E-state index in [2.05, 4.69) is 41.2 Å². The van der Waals surface area contributed by atoms with Crippen molar-refractivity contribution in [3.63, 3.8) is 0 Å². The highest BCUT2D eigenvalue weighted by molar-refractivity contribution is 5.21. The van der Waals surface area contributed by atoms with Crippen LogP contribution in [0.4, 0.5) is 0 Å². The second-order valence-electron chi connectivity index (χ2n) is 4.90. The molecule has 6 heteroatoms. The number of aryl methyl sites for hydroxylation is 1. The molecule has 2 heterocycles. The molecule has 6 nitrogen and oxygen atoms in total. The standard InChI is InChI=1S/C14H21N5O/c1-5-15-6-12-7-16-14(18-11(12)4)20-13-8-17-19(9-13)10(2)3/h7-10,15H,5-6H2,1-4H3. The number of hydrogen-bond acceptors (Lipinski definition) is 5. The molecule has 2 aromatic heterocycles. The van der Waals surface area contributed by atoms with Crippen LogP contribution in [0.1, 0.15) is 38.1 Å². The fourth-order valence-electron chi connectivity index (χ4n) is 1.71. The molecule has 0 amide bonds. The lowest BCUT2D eigenvalue weighted by atomic mass is 10.2. The summed E-state index contributed by atoms with van der Waals surface area (Å²) >= 11 is 0. The molecule has 20 heavy (non-hydrogen) atoms. The Hall–Kier alpha value is -1.95. The highest BCUT2D eigenvalue weighted by atomic mass is 16.5. The van der Waals surface area contributed by atoms with Crippen LogP contribution >= 0.6 is 0 Å². The fraction of sp³-hybridized carbons (Fsp3) is 0.500. The van der Waals surface area contributed by atoms with Crippen LogP contribution < -0.4 is 10.1 Å². The van der Waals surface area contributed by atoms with Gasteiger partial charge in [-0.3, -0.25) is 4.68 Å². The molecule has 0 bridgehead atoms. The Morgan fingerprint density at radius 1 is 1.35 bits per heavy atom. The van der Waals surface area contributed by atoms with E-state index < -0.39 is 0 Å². The van der Waals surface area contributed by atoms with E-state index in [-0.39, 0.29) is 0 Å². The number of nitrogens with zero attached hydrogens (tertiary/aromatic N) is 4. The van der Waals surface area contributed by atoms with Gasteiger partial charge in [0.15, 0.2) is 5.75 Å². The van der Waals surface area contributed by atoms with Crippen LogP contribution in [-0.2, 0) is 6.54 Å². The van der Waals surface area contributed by atoms with Gasteiger partial charge in [-0.05, 0) is 27.3 Å². The van der Waals surface area contributed by atoms with E-state index in [4.69, 9.17) is 4.74 Å². The normalized spacial score (nSPS) is 11.1. The van der Waals surface area contributed by atoms with Crippen molar-refractivity contribution in [2.24, 2.45) is 0 Å². The van der Waals surface area contributed by atoms with Gasteiger partial charge in [0.25, 0.3) is 0 Å². The molecule has 2 rings (SSSR count). The van der Waals surface area contributed by atoms with Gasteiger partial charge in [-0.15, -0.1) is 0 Å². The predicted molar refractivity (Wildman–Crippen MR) is 76.8 cm³/mol. The van der Waals surface area contributed by atoms with Crippen molar-refractivity contribution in [1.82, 2.24) is 25.1 Å². The zero-order chi connectivity index (χ0) is 14.5. The van der Waals surface area contributed by atoms with E-state index in [0.717, 1.165) is 24.3 Å². The maximum absolute atomic E-state index is 5.62. The molecule has 0 aromatic carbocycles. The molecule has 0 radical (unpaired) electrons. The Morgan fingerprint density at radius 2 is 2.15 bits per heavy atom. The minimum Gasteiger partial charge on any atom is -0.421 e. The Kier molecular flexibility index (Phi) is 4.68. The van der Waals surface area contributed by atoms with Gasteiger partial charge in [0.2, 0.25) is 0 Å². The zero-order valence-electron chi connectivity index (χ0n) is 12.4. The summed E-state index contributed by atoms with van der Waals surface area (Å²) in [5.74, 6) is 0.650. The molecular formula is C14H21N5O. The molecule has 0 saturated carbocycles. The van der Waals surface area contributed by atoms with Crippen LogP contribution in [-0.4, -0.2) is 26.3 Å². The maximum atomic E-state index is 5.62. The molecule has 2 aromatic rings. The summed E-state index contributed by atoms with van der Waals surface area (Å²) in [6.07, 6.45) is 5.31. The van der Waals surface area contributed by atoms with E-state index in [1.807, 2.05) is 17.8 Å². The van der Waals surface area contributed by atoms with Crippen molar-refractivity contribution < 1.29 is 4.74 Å². The first-order valence-electron chi connectivity index (χ1n) is 6.85. The predicted octanol–water partition coefficient (Wildman–Crippen LogP) is 2.46. The van der Waals surface area contributed by atoms with Crippen molar-refractivity contribution in [2.45, 2.75) is 40.3 Å². The molecule has 108 valence electrons. The highest BCUT2D eigenvalue weighted by Crippen LogP contribution is 2.19. The first-order chi connectivity index (χ1) is 9.60. The molecule has 0 spiro atoms. The topological polar surface area (TPSA) is 64.9 Å². The number of ether oxygens (including phenoxy) is 1. The van der Waals surface area contributed by atoms with Crippen molar-refractivity contribution in [3.8, 4) is 11.8 Å². The van der Waals surface area contributed by atoms with E-state index >= 15 is 0 Å². The number of rotatable bonds is 6. The third kappa shape index (κ3) is 3.54. The first kappa shape index (κ1) is 14.5. The van der Waals surface area contributed by atoms with Gasteiger partial charge in [0.05, 0.1) is 12.4 Å². The molecule has 0 aliphatic heterocycles. The van der Waals surface area contributed by atoms with Crippen molar-refractivity contribution in [2.75, 3.05) is 6.54 Å². The van der Waals surface area contributed by atoms with E-state index in [9.17, 15) is 0 Å². The fourth-order valence-corrected chi connectivity index (χ4v) is 1.71. The summed E-state index contributed by atoms with van der Waals surface area (Å²) in [5, 5.41) is 7.47. The van der Waals surface area contributed by atoms with Gasteiger partial charge in [0, 0.05) is 30.0 Å². The monoisotopic (exact) mass is 275 g/mol. The minimum absolute atomic E-state index is 0.303. The Labute approximate surface area is 119 Å². The Balaban J connectivity index is 2.07. The summed E-state index contributed by atoms with van der Waals surface area (Å²) < 4.78 is 7.46. The summed E-state index contributed by atoms with van der Waals surface area (Å²) in [6.45, 7) is 9.85. The van der Waals surface area contributed by atoms with Gasteiger partial charge in [-0.2, -0.15) is 10.1 Å². The molecule has 0 fully saturated rings. The highest BCUT2D eigenvalue weighted by Gasteiger charge is 2.07. The second-order valence-corrected chi connectivity index (χ2v) is 4.90.